The first kappa shape index (κ1) is 17.7. The summed E-state index contributed by atoms with van der Waals surface area (Å²) >= 11 is 0. The number of aromatic nitrogens is 2. The van der Waals surface area contributed by atoms with Crippen molar-refractivity contribution in [2.24, 2.45) is 0 Å². The SMILES string of the molecule is Cc1nc2ccccc2n1CCCNC(=O)NCC1(O)CCCCC1. The van der Waals surface area contributed by atoms with E-state index in [0.717, 1.165) is 55.5 Å². The Labute approximate surface area is 148 Å². The summed E-state index contributed by atoms with van der Waals surface area (Å²) in [4.78, 5) is 16.5. The number of rotatable bonds is 6. The fourth-order valence-corrected chi connectivity index (χ4v) is 3.61. The Kier molecular flexibility index (Phi) is 5.58. The summed E-state index contributed by atoms with van der Waals surface area (Å²) in [5.41, 5.74) is 1.41. The van der Waals surface area contributed by atoms with E-state index in [-0.39, 0.29) is 6.03 Å². The van der Waals surface area contributed by atoms with Gasteiger partial charge in [-0.2, -0.15) is 0 Å². The molecule has 1 heterocycles. The Hall–Kier alpha value is -2.08. The summed E-state index contributed by atoms with van der Waals surface area (Å²) in [6.07, 6.45) is 5.65. The summed E-state index contributed by atoms with van der Waals surface area (Å²) in [5.74, 6) is 0.991. The van der Waals surface area contributed by atoms with Gasteiger partial charge in [0.25, 0.3) is 0 Å². The molecule has 1 saturated carbocycles. The van der Waals surface area contributed by atoms with Crippen molar-refractivity contribution < 1.29 is 9.90 Å². The molecule has 0 unspecified atom stereocenters. The summed E-state index contributed by atoms with van der Waals surface area (Å²) in [6.45, 7) is 3.75. The largest absolute Gasteiger partial charge is 0.388 e. The van der Waals surface area contributed by atoms with Crippen LogP contribution in [0.2, 0.25) is 0 Å². The molecule has 1 aliphatic rings. The number of benzene rings is 1. The van der Waals surface area contributed by atoms with Crippen molar-refractivity contribution in [1.29, 1.82) is 0 Å². The first-order valence-corrected chi connectivity index (χ1v) is 9.23. The molecular formula is C19H28N4O2. The van der Waals surface area contributed by atoms with Gasteiger partial charge in [0.15, 0.2) is 0 Å². The van der Waals surface area contributed by atoms with Crippen LogP contribution in [0.25, 0.3) is 11.0 Å². The van der Waals surface area contributed by atoms with Crippen LogP contribution in [-0.4, -0.2) is 39.4 Å². The predicted molar refractivity (Wildman–Crippen MR) is 98.5 cm³/mol. The molecule has 2 amide bonds. The van der Waals surface area contributed by atoms with Gasteiger partial charge >= 0.3 is 6.03 Å². The lowest BCUT2D eigenvalue weighted by Crippen LogP contribution is -2.47. The number of nitrogens with one attached hydrogen (secondary N) is 2. The number of aliphatic hydroxyl groups is 1. The molecule has 136 valence electrons. The van der Waals surface area contributed by atoms with E-state index in [1.807, 2.05) is 25.1 Å². The number of hydrogen-bond donors (Lipinski definition) is 3. The van der Waals surface area contributed by atoms with Crippen molar-refractivity contribution in [1.82, 2.24) is 20.2 Å². The van der Waals surface area contributed by atoms with E-state index in [0.29, 0.717) is 13.1 Å². The van der Waals surface area contributed by atoms with E-state index >= 15 is 0 Å². The highest BCUT2D eigenvalue weighted by Gasteiger charge is 2.29. The standard InChI is InChI=1S/C19H28N4O2/c1-15-22-16-8-3-4-9-17(16)23(15)13-7-12-20-18(24)21-14-19(25)10-5-2-6-11-19/h3-4,8-9,25H,2,5-7,10-14H2,1H3,(H2,20,21,24). The van der Waals surface area contributed by atoms with E-state index in [9.17, 15) is 9.90 Å². The normalized spacial score (nSPS) is 16.7. The lowest BCUT2D eigenvalue weighted by molar-refractivity contribution is 0.00720. The van der Waals surface area contributed by atoms with Crippen molar-refractivity contribution >= 4 is 17.1 Å². The predicted octanol–water partition coefficient (Wildman–Crippen LogP) is 2.73. The van der Waals surface area contributed by atoms with Crippen molar-refractivity contribution in [3.63, 3.8) is 0 Å². The van der Waals surface area contributed by atoms with Gasteiger partial charge in [0.1, 0.15) is 5.82 Å². The number of urea groups is 1. The zero-order valence-corrected chi connectivity index (χ0v) is 14.9. The van der Waals surface area contributed by atoms with Gasteiger partial charge in [0.05, 0.1) is 16.6 Å². The maximum Gasteiger partial charge on any atom is 0.314 e. The highest BCUT2D eigenvalue weighted by molar-refractivity contribution is 5.76. The summed E-state index contributed by atoms with van der Waals surface area (Å²) in [7, 11) is 0. The van der Waals surface area contributed by atoms with Gasteiger partial charge in [-0.05, 0) is 38.3 Å². The monoisotopic (exact) mass is 344 g/mol. The molecule has 1 aromatic carbocycles. The molecule has 25 heavy (non-hydrogen) atoms. The Balaban J connectivity index is 1.40. The quantitative estimate of drug-likeness (QED) is 0.705. The fraction of sp³-hybridized carbons (Fsp3) is 0.579. The maximum atomic E-state index is 11.9. The van der Waals surface area contributed by atoms with Crippen molar-refractivity contribution in [3.05, 3.63) is 30.1 Å². The number of amides is 2. The molecule has 6 nitrogen and oxygen atoms in total. The van der Waals surface area contributed by atoms with E-state index in [1.54, 1.807) is 0 Å². The van der Waals surface area contributed by atoms with Crippen LogP contribution in [0, 0.1) is 6.92 Å². The van der Waals surface area contributed by atoms with Crippen LogP contribution in [0.15, 0.2) is 24.3 Å². The number of aryl methyl sites for hydroxylation is 2. The Morgan fingerprint density at radius 3 is 2.80 bits per heavy atom. The van der Waals surface area contributed by atoms with E-state index in [2.05, 4.69) is 26.3 Å². The lowest BCUT2D eigenvalue weighted by Gasteiger charge is -2.32. The third-order valence-corrected chi connectivity index (χ3v) is 5.05. The van der Waals surface area contributed by atoms with Gasteiger partial charge in [0, 0.05) is 19.6 Å². The number of carbonyl (C=O) groups excluding carboxylic acids is 1. The van der Waals surface area contributed by atoms with Crippen LogP contribution < -0.4 is 10.6 Å². The second kappa shape index (κ2) is 7.87. The van der Waals surface area contributed by atoms with Crippen LogP contribution in [0.5, 0.6) is 0 Å². The molecule has 0 radical (unpaired) electrons. The second-order valence-corrected chi connectivity index (χ2v) is 7.05. The second-order valence-electron chi connectivity index (χ2n) is 7.05. The number of para-hydroxylation sites is 2. The summed E-state index contributed by atoms with van der Waals surface area (Å²) in [5, 5.41) is 16.1. The molecule has 1 aliphatic carbocycles. The molecule has 0 spiro atoms. The van der Waals surface area contributed by atoms with Crippen molar-refractivity contribution in [3.8, 4) is 0 Å². The molecule has 0 saturated heterocycles. The third kappa shape index (κ3) is 4.51. The third-order valence-electron chi connectivity index (χ3n) is 5.05. The number of carbonyl (C=O) groups is 1. The Bertz CT molecular complexity index is 719. The molecule has 6 heteroatoms. The molecule has 1 fully saturated rings. The average Bonchev–Trinajstić information content (AvgIpc) is 2.93. The van der Waals surface area contributed by atoms with E-state index in [4.69, 9.17) is 0 Å². The van der Waals surface area contributed by atoms with Crippen molar-refractivity contribution in [2.75, 3.05) is 13.1 Å². The molecule has 2 aromatic rings. The zero-order chi connectivity index (χ0) is 17.7. The summed E-state index contributed by atoms with van der Waals surface area (Å²) < 4.78 is 2.18. The molecule has 1 aromatic heterocycles. The molecule has 3 rings (SSSR count). The van der Waals surface area contributed by atoms with E-state index < -0.39 is 5.60 Å². The van der Waals surface area contributed by atoms with Gasteiger partial charge < -0.3 is 20.3 Å². The fourth-order valence-electron chi connectivity index (χ4n) is 3.61. The van der Waals surface area contributed by atoms with Crippen LogP contribution in [0.4, 0.5) is 4.79 Å². The molecular weight excluding hydrogens is 316 g/mol. The smallest absolute Gasteiger partial charge is 0.314 e. The first-order valence-electron chi connectivity index (χ1n) is 9.23. The highest BCUT2D eigenvalue weighted by atomic mass is 16.3. The molecule has 0 bridgehead atoms. The lowest BCUT2D eigenvalue weighted by atomic mass is 9.85. The average molecular weight is 344 g/mol. The number of hydrogen-bond acceptors (Lipinski definition) is 3. The minimum Gasteiger partial charge on any atom is -0.388 e. The summed E-state index contributed by atoms with van der Waals surface area (Å²) in [6, 6.07) is 7.89. The number of fused-ring (bicyclic) bond motifs is 1. The van der Waals surface area contributed by atoms with Gasteiger partial charge in [0.2, 0.25) is 0 Å². The minimum absolute atomic E-state index is 0.203. The molecule has 3 N–H and O–H groups in total. The molecule has 0 aliphatic heterocycles. The van der Waals surface area contributed by atoms with Crippen LogP contribution >= 0.6 is 0 Å². The molecule has 0 atom stereocenters. The van der Waals surface area contributed by atoms with Crippen LogP contribution in [0.1, 0.15) is 44.3 Å². The first-order chi connectivity index (χ1) is 12.1. The van der Waals surface area contributed by atoms with Gasteiger partial charge in [-0.3, -0.25) is 0 Å². The zero-order valence-electron chi connectivity index (χ0n) is 14.9. The van der Waals surface area contributed by atoms with E-state index in [1.165, 1.54) is 6.42 Å². The maximum absolute atomic E-state index is 11.9. The number of imidazole rings is 1. The van der Waals surface area contributed by atoms with Gasteiger partial charge in [-0.25, -0.2) is 9.78 Å². The Morgan fingerprint density at radius 2 is 2.00 bits per heavy atom. The minimum atomic E-state index is -0.720. The van der Waals surface area contributed by atoms with Crippen LogP contribution in [-0.2, 0) is 6.54 Å². The Morgan fingerprint density at radius 1 is 1.24 bits per heavy atom. The van der Waals surface area contributed by atoms with Gasteiger partial charge in [-0.15, -0.1) is 0 Å². The number of nitrogens with zero attached hydrogens (tertiary/aromatic N) is 2. The van der Waals surface area contributed by atoms with Crippen molar-refractivity contribution in [2.45, 2.75) is 57.6 Å². The van der Waals surface area contributed by atoms with Crippen LogP contribution in [0.3, 0.4) is 0 Å². The topological polar surface area (TPSA) is 79.2 Å². The highest BCUT2D eigenvalue weighted by Crippen LogP contribution is 2.27. The van der Waals surface area contributed by atoms with Gasteiger partial charge in [-0.1, -0.05) is 31.4 Å².